The van der Waals surface area contributed by atoms with Gasteiger partial charge in [0.1, 0.15) is 5.75 Å². The first-order valence-electron chi connectivity index (χ1n) is 5.49. The smallest absolute Gasteiger partial charge is 0.125 e. The Bertz CT molecular complexity index is 365. The van der Waals surface area contributed by atoms with Crippen LogP contribution < -0.4 is 10.5 Å². The van der Waals surface area contributed by atoms with E-state index in [2.05, 4.69) is 32.9 Å². The van der Waals surface area contributed by atoms with E-state index in [4.69, 9.17) is 22.7 Å². The Hall–Kier alpha value is -1.09. The lowest BCUT2D eigenvalue weighted by Crippen LogP contribution is -2.10. The summed E-state index contributed by atoms with van der Waals surface area (Å²) < 4.78 is 5.76. The fraction of sp³-hybridized carbons (Fsp3) is 0.462. The molecule has 1 aromatic carbocycles. The lowest BCUT2D eigenvalue weighted by Gasteiger charge is -2.12. The average Bonchev–Trinajstić information content (AvgIpc) is 2.14. The third kappa shape index (κ3) is 3.81. The maximum absolute atomic E-state index is 5.76. The number of nitrogens with two attached hydrogens (primary N) is 1. The summed E-state index contributed by atoms with van der Waals surface area (Å²) in [5, 5.41) is 0. The largest absolute Gasteiger partial charge is 0.493 e. The van der Waals surface area contributed by atoms with Gasteiger partial charge in [0, 0.05) is 6.42 Å². The van der Waals surface area contributed by atoms with E-state index in [1.807, 2.05) is 0 Å². The van der Waals surface area contributed by atoms with Crippen molar-refractivity contribution in [1.82, 2.24) is 0 Å². The molecule has 16 heavy (non-hydrogen) atoms. The maximum atomic E-state index is 5.76. The highest BCUT2D eigenvalue weighted by Gasteiger charge is 2.04. The van der Waals surface area contributed by atoms with Gasteiger partial charge in [-0.3, -0.25) is 0 Å². The van der Waals surface area contributed by atoms with Crippen molar-refractivity contribution in [3.63, 3.8) is 0 Å². The molecule has 3 heteroatoms. The molecule has 0 radical (unpaired) electrons. The summed E-state index contributed by atoms with van der Waals surface area (Å²) in [5.74, 6) is 0.994. The predicted molar refractivity (Wildman–Crippen MR) is 72.2 cm³/mol. The van der Waals surface area contributed by atoms with Crippen LogP contribution in [0.4, 0.5) is 0 Å². The molecule has 0 aliphatic carbocycles. The molecule has 0 heterocycles. The van der Waals surface area contributed by atoms with Gasteiger partial charge in [-0.15, -0.1) is 0 Å². The maximum Gasteiger partial charge on any atom is 0.125 e. The molecule has 0 aliphatic heterocycles. The van der Waals surface area contributed by atoms with Crippen LogP contribution in [0.15, 0.2) is 12.1 Å². The van der Waals surface area contributed by atoms with Gasteiger partial charge >= 0.3 is 0 Å². The molecule has 1 rings (SSSR count). The molecule has 0 aliphatic rings. The predicted octanol–water partition coefficient (Wildman–Crippen LogP) is 3.06. The zero-order valence-electron chi connectivity index (χ0n) is 10.2. The van der Waals surface area contributed by atoms with Crippen LogP contribution in [0, 0.1) is 20.8 Å². The second-order valence-electron chi connectivity index (χ2n) is 4.15. The highest BCUT2D eigenvalue weighted by atomic mass is 32.1. The highest BCUT2D eigenvalue weighted by molar-refractivity contribution is 7.80. The van der Waals surface area contributed by atoms with Gasteiger partial charge in [-0.25, -0.2) is 0 Å². The summed E-state index contributed by atoms with van der Waals surface area (Å²) in [7, 11) is 0. The zero-order chi connectivity index (χ0) is 12.1. The molecule has 0 unspecified atom stereocenters. The van der Waals surface area contributed by atoms with Crippen molar-refractivity contribution in [2.24, 2.45) is 5.73 Å². The van der Waals surface area contributed by atoms with Crippen LogP contribution in [0.25, 0.3) is 0 Å². The third-order valence-electron chi connectivity index (χ3n) is 2.42. The summed E-state index contributed by atoms with van der Waals surface area (Å²) in [6.45, 7) is 6.91. The summed E-state index contributed by atoms with van der Waals surface area (Å²) in [5.41, 5.74) is 9.07. The van der Waals surface area contributed by atoms with Gasteiger partial charge in [0.2, 0.25) is 0 Å². The first kappa shape index (κ1) is 13.0. The zero-order valence-corrected chi connectivity index (χ0v) is 11.0. The molecule has 2 nitrogen and oxygen atoms in total. The molecule has 0 bridgehead atoms. The van der Waals surface area contributed by atoms with Crippen LogP contribution in [0.3, 0.4) is 0 Å². The molecule has 1 aromatic rings. The number of benzene rings is 1. The van der Waals surface area contributed by atoms with E-state index in [1.54, 1.807) is 0 Å². The second kappa shape index (κ2) is 5.85. The number of rotatable bonds is 5. The summed E-state index contributed by atoms with van der Waals surface area (Å²) in [4.78, 5) is 0.556. The molecule has 0 aromatic heterocycles. The number of hydrogen-bond donors (Lipinski definition) is 1. The van der Waals surface area contributed by atoms with Crippen molar-refractivity contribution in [3.05, 3.63) is 28.8 Å². The van der Waals surface area contributed by atoms with Crippen molar-refractivity contribution in [2.45, 2.75) is 33.6 Å². The van der Waals surface area contributed by atoms with Gasteiger partial charge in [0.05, 0.1) is 11.6 Å². The minimum Gasteiger partial charge on any atom is -0.493 e. The molecule has 0 saturated carbocycles. The number of ether oxygens (including phenoxy) is 1. The number of thiocarbonyl (C=S) groups is 1. The Morgan fingerprint density at radius 1 is 1.25 bits per heavy atom. The average molecular weight is 237 g/mol. The molecule has 0 saturated heterocycles. The van der Waals surface area contributed by atoms with Crippen molar-refractivity contribution in [2.75, 3.05) is 6.61 Å². The Kier molecular flexibility index (Phi) is 4.74. The van der Waals surface area contributed by atoms with Crippen molar-refractivity contribution >= 4 is 17.2 Å². The highest BCUT2D eigenvalue weighted by Crippen LogP contribution is 2.24. The molecule has 2 N–H and O–H groups in total. The van der Waals surface area contributed by atoms with Gasteiger partial charge < -0.3 is 10.5 Å². The Morgan fingerprint density at radius 3 is 2.31 bits per heavy atom. The van der Waals surface area contributed by atoms with Crippen LogP contribution in [0.1, 0.15) is 29.5 Å². The number of aryl methyl sites for hydroxylation is 3. The summed E-state index contributed by atoms with van der Waals surface area (Å²) >= 11 is 4.82. The Balaban J connectivity index is 2.57. The van der Waals surface area contributed by atoms with Gasteiger partial charge in [0.25, 0.3) is 0 Å². The van der Waals surface area contributed by atoms with Crippen LogP contribution in [0.2, 0.25) is 0 Å². The Labute approximate surface area is 103 Å². The van der Waals surface area contributed by atoms with E-state index >= 15 is 0 Å². The van der Waals surface area contributed by atoms with Crippen molar-refractivity contribution in [1.29, 1.82) is 0 Å². The topological polar surface area (TPSA) is 35.2 Å². The number of hydrogen-bond acceptors (Lipinski definition) is 2. The molecule has 0 spiro atoms. The normalized spacial score (nSPS) is 10.2. The van der Waals surface area contributed by atoms with E-state index < -0.39 is 0 Å². The van der Waals surface area contributed by atoms with E-state index in [0.717, 1.165) is 18.6 Å². The third-order valence-corrected chi connectivity index (χ3v) is 2.62. The van der Waals surface area contributed by atoms with Crippen LogP contribution in [-0.4, -0.2) is 11.6 Å². The van der Waals surface area contributed by atoms with Crippen LogP contribution in [-0.2, 0) is 0 Å². The summed E-state index contributed by atoms with van der Waals surface area (Å²) in [6, 6.07) is 4.27. The van der Waals surface area contributed by atoms with E-state index in [0.29, 0.717) is 11.6 Å². The Morgan fingerprint density at radius 2 is 1.81 bits per heavy atom. The first-order chi connectivity index (χ1) is 7.50. The standard InChI is InChI=1S/C13H19NOS/c1-9-7-10(2)13(11(3)8-9)15-6-4-5-12(14)16/h7-8H,4-6H2,1-3H3,(H2,14,16). The fourth-order valence-electron chi connectivity index (χ4n) is 1.82. The van der Waals surface area contributed by atoms with E-state index in [-0.39, 0.29) is 0 Å². The molecule has 88 valence electrons. The monoisotopic (exact) mass is 237 g/mol. The van der Waals surface area contributed by atoms with Gasteiger partial charge in [0.15, 0.2) is 0 Å². The lowest BCUT2D eigenvalue weighted by molar-refractivity contribution is 0.309. The van der Waals surface area contributed by atoms with Gasteiger partial charge in [-0.05, 0) is 38.3 Å². The van der Waals surface area contributed by atoms with Crippen molar-refractivity contribution < 1.29 is 4.74 Å². The lowest BCUT2D eigenvalue weighted by atomic mass is 10.1. The minimum atomic E-state index is 0.556. The molecular formula is C13H19NOS. The molecule has 0 atom stereocenters. The second-order valence-corrected chi connectivity index (χ2v) is 4.67. The van der Waals surface area contributed by atoms with Crippen LogP contribution in [0.5, 0.6) is 5.75 Å². The van der Waals surface area contributed by atoms with E-state index in [1.165, 1.54) is 16.7 Å². The fourth-order valence-corrected chi connectivity index (χ4v) is 1.96. The molecule has 0 amide bonds. The van der Waals surface area contributed by atoms with Crippen molar-refractivity contribution in [3.8, 4) is 5.75 Å². The van der Waals surface area contributed by atoms with E-state index in [9.17, 15) is 0 Å². The summed E-state index contributed by atoms with van der Waals surface area (Å²) in [6.07, 6.45) is 1.63. The quantitative estimate of drug-likeness (QED) is 0.631. The minimum absolute atomic E-state index is 0.556. The first-order valence-corrected chi connectivity index (χ1v) is 5.90. The van der Waals surface area contributed by atoms with Gasteiger partial charge in [-0.2, -0.15) is 0 Å². The van der Waals surface area contributed by atoms with Crippen LogP contribution >= 0.6 is 12.2 Å². The molecular weight excluding hydrogens is 218 g/mol. The SMILES string of the molecule is Cc1cc(C)c(OCCCC(N)=S)c(C)c1. The molecule has 0 fully saturated rings. The van der Waals surface area contributed by atoms with Gasteiger partial charge in [-0.1, -0.05) is 29.9 Å².